The summed E-state index contributed by atoms with van der Waals surface area (Å²) in [6.07, 6.45) is 3.27. The SMILES string of the molecule is Cc1ccc(C(=O)NNC(=O)C23CCC(C(=O)O)(CC2)CC3)c(C)c1. The Morgan fingerprint density at radius 3 is 2.00 bits per heavy atom. The molecule has 0 heterocycles. The Hall–Kier alpha value is -2.37. The summed E-state index contributed by atoms with van der Waals surface area (Å²) in [6.45, 7) is 3.81. The van der Waals surface area contributed by atoms with Crippen LogP contribution in [0.15, 0.2) is 18.2 Å². The maximum atomic E-state index is 12.7. The van der Waals surface area contributed by atoms with Gasteiger partial charge in [-0.05, 0) is 64.0 Å². The van der Waals surface area contributed by atoms with Gasteiger partial charge in [-0.1, -0.05) is 17.7 Å². The number of hydrogen-bond donors (Lipinski definition) is 3. The molecule has 6 heteroatoms. The van der Waals surface area contributed by atoms with E-state index in [-0.39, 0.29) is 11.8 Å². The summed E-state index contributed by atoms with van der Waals surface area (Å²) in [5.74, 6) is -1.29. The van der Waals surface area contributed by atoms with E-state index in [1.54, 1.807) is 6.07 Å². The Balaban J connectivity index is 1.62. The molecule has 0 saturated heterocycles. The average Bonchev–Trinajstić information content (AvgIpc) is 2.60. The molecule has 3 aliphatic rings. The van der Waals surface area contributed by atoms with E-state index in [1.165, 1.54) is 0 Å². The zero-order valence-corrected chi connectivity index (χ0v) is 14.6. The second kappa shape index (κ2) is 6.17. The molecule has 0 aliphatic heterocycles. The van der Waals surface area contributed by atoms with Crippen LogP contribution < -0.4 is 10.9 Å². The molecule has 3 fully saturated rings. The second-order valence-electron chi connectivity index (χ2n) is 7.59. The van der Waals surface area contributed by atoms with Crippen molar-refractivity contribution in [1.82, 2.24) is 10.9 Å². The molecule has 3 saturated carbocycles. The molecule has 0 spiro atoms. The van der Waals surface area contributed by atoms with E-state index in [0.717, 1.165) is 11.1 Å². The third-order valence-electron chi connectivity index (χ3n) is 6.10. The predicted molar refractivity (Wildman–Crippen MR) is 91.7 cm³/mol. The van der Waals surface area contributed by atoms with Crippen molar-refractivity contribution in [3.8, 4) is 0 Å². The Morgan fingerprint density at radius 1 is 0.920 bits per heavy atom. The molecule has 25 heavy (non-hydrogen) atoms. The summed E-state index contributed by atoms with van der Waals surface area (Å²) in [5.41, 5.74) is 6.33. The lowest BCUT2D eigenvalue weighted by Gasteiger charge is -2.50. The van der Waals surface area contributed by atoms with Gasteiger partial charge in [-0.2, -0.15) is 0 Å². The van der Waals surface area contributed by atoms with Crippen LogP contribution in [0.25, 0.3) is 0 Å². The van der Waals surface area contributed by atoms with Crippen molar-refractivity contribution in [2.24, 2.45) is 10.8 Å². The standard InChI is InChI=1S/C19H24N2O4/c1-12-3-4-14(13(2)11-12)15(22)20-21-16(23)18-5-8-19(9-6-18,10-7-18)17(24)25/h3-4,11H,5-10H2,1-2H3,(H,20,22)(H,21,23)(H,24,25). The number of nitrogens with one attached hydrogen (secondary N) is 2. The summed E-state index contributed by atoms with van der Waals surface area (Å²) >= 11 is 0. The molecule has 0 atom stereocenters. The Morgan fingerprint density at radius 2 is 1.48 bits per heavy atom. The number of carbonyl (C=O) groups excluding carboxylic acids is 2. The van der Waals surface area contributed by atoms with E-state index >= 15 is 0 Å². The van der Waals surface area contributed by atoms with Crippen molar-refractivity contribution >= 4 is 17.8 Å². The van der Waals surface area contributed by atoms with Gasteiger partial charge >= 0.3 is 5.97 Å². The number of aliphatic carboxylic acids is 1. The first kappa shape index (κ1) is 17.5. The van der Waals surface area contributed by atoms with Crippen LogP contribution in [-0.2, 0) is 9.59 Å². The molecule has 4 rings (SSSR count). The molecule has 134 valence electrons. The molecule has 2 amide bonds. The first-order valence-electron chi connectivity index (χ1n) is 8.70. The van der Waals surface area contributed by atoms with Crippen molar-refractivity contribution < 1.29 is 19.5 Å². The lowest BCUT2D eigenvalue weighted by Crippen LogP contribution is -2.55. The quantitative estimate of drug-likeness (QED) is 0.734. The third-order valence-corrected chi connectivity index (χ3v) is 6.10. The summed E-state index contributed by atoms with van der Waals surface area (Å²) in [7, 11) is 0. The fraction of sp³-hybridized carbons (Fsp3) is 0.526. The highest BCUT2D eigenvalue weighted by atomic mass is 16.4. The van der Waals surface area contributed by atoms with E-state index in [0.29, 0.717) is 44.1 Å². The molecule has 0 unspecified atom stereocenters. The van der Waals surface area contributed by atoms with Gasteiger partial charge in [0.15, 0.2) is 0 Å². The molecular formula is C19H24N2O4. The van der Waals surface area contributed by atoms with Crippen molar-refractivity contribution in [2.45, 2.75) is 52.4 Å². The van der Waals surface area contributed by atoms with Crippen LogP contribution in [0.3, 0.4) is 0 Å². The van der Waals surface area contributed by atoms with Gasteiger partial charge in [0.25, 0.3) is 5.91 Å². The number of carboxylic acids is 1. The zero-order valence-electron chi connectivity index (χ0n) is 14.6. The zero-order chi connectivity index (χ0) is 18.2. The fourth-order valence-corrected chi connectivity index (χ4v) is 4.23. The van der Waals surface area contributed by atoms with Crippen molar-refractivity contribution in [2.75, 3.05) is 0 Å². The van der Waals surface area contributed by atoms with Gasteiger partial charge in [-0.15, -0.1) is 0 Å². The maximum absolute atomic E-state index is 12.7. The van der Waals surface area contributed by atoms with Crippen LogP contribution in [-0.4, -0.2) is 22.9 Å². The predicted octanol–water partition coefficient (Wildman–Crippen LogP) is 2.49. The lowest BCUT2D eigenvalue weighted by atomic mass is 9.53. The van der Waals surface area contributed by atoms with Gasteiger partial charge in [0.1, 0.15) is 0 Å². The molecule has 3 aliphatic carbocycles. The lowest BCUT2D eigenvalue weighted by molar-refractivity contribution is -0.163. The maximum Gasteiger partial charge on any atom is 0.309 e. The van der Waals surface area contributed by atoms with Gasteiger partial charge in [-0.3, -0.25) is 25.2 Å². The number of carbonyl (C=O) groups is 3. The summed E-state index contributed by atoms with van der Waals surface area (Å²) in [4.78, 5) is 36.4. The highest BCUT2D eigenvalue weighted by molar-refractivity contribution is 5.97. The smallest absolute Gasteiger partial charge is 0.309 e. The Kier molecular flexibility index (Phi) is 4.31. The van der Waals surface area contributed by atoms with E-state index < -0.39 is 16.8 Å². The van der Waals surface area contributed by atoms with Crippen LogP contribution in [0, 0.1) is 24.7 Å². The number of hydrogen-bond acceptors (Lipinski definition) is 3. The van der Waals surface area contributed by atoms with Crippen LogP contribution >= 0.6 is 0 Å². The van der Waals surface area contributed by atoms with E-state index in [2.05, 4.69) is 10.9 Å². The van der Waals surface area contributed by atoms with Gasteiger partial charge in [0.2, 0.25) is 5.91 Å². The number of amides is 2. The van der Waals surface area contributed by atoms with Crippen molar-refractivity contribution in [3.63, 3.8) is 0 Å². The normalized spacial score (nSPS) is 27.6. The highest BCUT2D eigenvalue weighted by Gasteiger charge is 2.55. The number of hydrazine groups is 1. The Bertz CT molecular complexity index is 716. The van der Waals surface area contributed by atoms with Crippen LogP contribution in [0.2, 0.25) is 0 Å². The third kappa shape index (κ3) is 3.01. The minimum atomic E-state index is -0.746. The molecule has 3 N–H and O–H groups in total. The summed E-state index contributed by atoms with van der Waals surface area (Å²) in [5, 5.41) is 9.43. The molecule has 1 aromatic rings. The fourth-order valence-electron chi connectivity index (χ4n) is 4.23. The number of benzene rings is 1. The molecule has 0 aromatic heterocycles. The monoisotopic (exact) mass is 344 g/mol. The van der Waals surface area contributed by atoms with E-state index in [1.807, 2.05) is 26.0 Å². The van der Waals surface area contributed by atoms with Crippen molar-refractivity contribution in [3.05, 3.63) is 34.9 Å². The minimum Gasteiger partial charge on any atom is -0.481 e. The molecule has 0 radical (unpaired) electrons. The Labute approximate surface area is 147 Å². The molecule has 6 nitrogen and oxygen atoms in total. The molecular weight excluding hydrogens is 320 g/mol. The van der Waals surface area contributed by atoms with Gasteiger partial charge in [0.05, 0.1) is 10.8 Å². The number of aryl methyl sites for hydroxylation is 2. The van der Waals surface area contributed by atoms with Crippen LogP contribution in [0.5, 0.6) is 0 Å². The van der Waals surface area contributed by atoms with E-state index in [4.69, 9.17) is 0 Å². The summed E-state index contributed by atoms with van der Waals surface area (Å²) < 4.78 is 0. The number of rotatable bonds is 3. The minimum absolute atomic E-state index is 0.204. The largest absolute Gasteiger partial charge is 0.481 e. The summed E-state index contributed by atoms with van der Waals surface area (Å²) in [6, 6.07) is 5.52. The van der Waals surface area contributed by atoms with Gasteiger partial charge in [0, 0.05) is 5.56 Å². The number of fused-ring (bicyclic) bond motifs is 3. The molecule has 2 bridgehead atoms. The second-order valence-corrected chi connectivity index (χ2v) is 7.59. The average molecular weight is 344 g/mol. The number of carboxylic acid groups (broad SMARTS) is 1. The topological polar surface area (TPSA) is 95.5 Å². The van der Waals surface area contributed by atoms with Crippen molar-refractivity contribution in [1.29, 1.82) is 0 Å². The van der Waals surface area contributed by atoms with E-state index in [9.17, 15) is 19.5 Å². The first-order chi connectivity index (χ1) is 11.8. The van der Waals surface area contributed by atoms with Gasteiger partial charge in [-0.25, -0.2) is 0 Å². The van der Waals surface area contributed by atoms with Crippen LogP contribution in [0.4, 0.5) is 0 Å². The van der Waals surface area contributed by atoms with Gasteiger partial charge < -0.3 is 5.11 Å². The highest BCUT2D eigenvalue weighted by Crippen LogP contribution is 2.56. The molecule has 1 aromatic carbocycles. The first-order valence-corrected chi connectivity index (χ1v) is 8.70. The van der Waals surface area contributed by atoms with Crippen LogP contribution in [0.1, 0.15) is 60.0 Å².